The summed E-state index contributed by atoms with van der Waals surface area (Å²) in [5.74, 6) is 0.415. The van der Waals surface area contributed by atoms with Crippen molar-refractivity contribution in [3.05, 3.63) is 0 Å². The summed E-state index contributed by atoms with van der Waals surface area (Å²) in [4.78, 5) is 11.7. The predicted octanol–water partition coefficient (Wildman–Crippen LogP) is 1.05. The molecule has 0 radical (unpaired) electrons. The molecule has 1 aliphatic rings. The van der Waals surface area contributed by atoms with Gasteiger partial charge in [0.05, 0.1) is 12.1 Å². The van der Waals surface area contributed by atoms with E-state index in [-0.39, 0.29) is 5.91 Å². The van der Waals surface area contributed by atoms with Gasteiger partial charge in [-0.15, -0.1) is 0 Å². The average molecular weight is 228 g/mol. The Bertz CT molecular complexity index is 233. The van der Waals surface area contributed by atoms with Gasteiger partial charge in [0.25, 0.3) is 0 Å². The maximum atomic E-state index is 11.7. The SMILES string of the molecule is CCC1CCCC(NCCOC)(C(N)=O)C1. The minimum Gasteiger partial charge on any atom is -0.383 e. The second-order valence-electron chi connectivity index (χ2n) is 4.74. The molecule has 0 aliphatic heterocycles. The van der Waals surface area contributed by atoms with Gasteiger partial charge in [-0.25, -0.2) is 0 Å². The van der Waals surface area contributed by atoms with Crippen molar-refractivity contribution in [1.82, 2.24) is 5.32 Å². The summed E-state index contributed by atoms with van der Waals surface area (Å²) >= 11 is 0. The minimum absolute atomic E-state index is 0.207. The highest BCUT2D eigenvalue weighted by atomic mass is 16.5. The lowest BCUT2D eigenvalue weighted by atomic mass is 9.74. The molecule has 1 saturated carbocycles. The Balaban J connectivity index is 2.60. The predicted molar refractivity (Wildman–Crippen MR) is 64.1 cm³/mol. The number of amides is 1. The van der Waals surface area contributed by atoms with Gasteiger partial charge in [0.1, 0.15) is 0 Å². The first-order valence-electron chi connectivity index (χ1n) is 6.18. The van der Waals surface area contributed by atoms with Crippen LogP contribution in [-0.2, 0) is 9.53 Å². The van der Waals surface area contributed by atoms with Gasteiger partial charge in [-0.2, -0.15) is 0 Å². The van der Waals surface area contributed by atoms with Crippen LogP contribution in [0.15, 0.2) is 0 Å². The molecule has 2 atom stereocenters. The summed E-state index contributed by atoms with van der Waals surface area (Å²) in [5, 5.41) is 3.30. The van der Waals surface area contributed by atoms with Crippen LogP contribution >= 0.6 is 0 Å². The summed E-state index contributed by atoms with van der Waals surface area (Å²) in [5.41, 5.74) is 5.07. The molecule has 2 unspecified atom stereocenters. The molecule has 1 rings (SSSR count). The van der Waals surface area contributed by atoms with Gasteiger partial charge in [0.2, 0.25) is 5.91 Å². The van der Waals surface area contributed by atoms with Crippen LogP contribution in [0.5, 0.6) is 0 Å². The molecule has 1 fully saturated rings. The second kappa shape index (κ2) is 6.21. The van der Waals surface area contributed by atoms with Crippen molar-refractivity contribution in [1.29, 1.82) is 0 Å². The first kappa shape index (κ1) is 13.5. The molecule has 94 valence electrons. The molecule has 4 nitrogen and oxygen atoms in total. The van der Waals surface area contributed by atoms with E-state index in [0.29, 0.717) is 19.1 Å². The highest BCUT2D eigenvalue weighted by molar-refractivity contribution is 5.84. The third-order valence-electron chi connectivity index (χ3n) is 3.67. The van der Waals surface area contributed by atoms with E-state index in [1.54, 1.807) is 7.11 Å². The molecule has 4 heteroatoms. The topological polar surface area (TPSA) is 64.3 Å². The fraction of sp³-hybridized carbons (Fsp3) is 0.917. The maximum absolute atomic E-state index is 11.7. The van der Waals surface area contributed by atoms with Crippen LogP contribution in [-0.4, -0.2) is 31.7 Å². The standard InChI is InChI=1S/C12H24N2O2/c1-3-10-5-4-6-12(9-10,11(13)15)14-7-8-16-2/h10,14H,3-9H2,1-2H3,(H2,13,15). The average Bonchev–Trinajstić information content (AvgIpc) is 2.29. The highest BCUT2D eigenvalue weighted by Crippen LogP contribution is 2.33. The largest absolute Gasteiger partial charge is 0.383 e. The molecule has 0 aromatic heterocycles. The van der Waals surface area contributed by atoms with Crippen LogP contribution in [0, 0.1) is 5.92 Å². The molecular formula is C12H24N2O2. The Morgan fingerprint density at radius 2 is 2.38 bits per heavy atom. The van der Waals surface area contributed by atoms with Crippen LogP contribution < -0.4 is 11.1 Å². The first-order valence-corrected chi connectivity index (χ1v) is 6.18. The van der Waals surface area contributed by atoms with Gasteiger partial charge in [0.15, 0.2) is 0 Å². The highest BCUT2D eigenvalue weighted by Gasteiger charge is 2.40. The van der Waals surface area contributed by atoms with Crippen molar-refractivity contribution in [2.75, 3.05) is 20.3 Å². The van der Waals surface area contributed by atoms with Crippen molar-refractivity contribution in [2.45, 2.75) is 44.6 Å². The van der Waals surface area contributed by atoms with Crippen LogP contribution in [0.3, 0.4) is 0 Å². The number of hydrogen-bond acceptors (Lipinski definition) is 3. The van der Waals surface area contributed by atoms with E-state index in [1.807, 2.05) is 0 Å². The number of ether oxygens (including phenoxy) is 1. The van der Waals surface area contributed by atoms with Gasteiger partial charge in [0, 0.05) is 13.7 Å². The summed E-state index contributed by atoms with van der Waals surface area (Å²) in [6.45, 7) is 3.48. The molecule has 0 aromatic rings. The zero-order chi connectivity index (χ0) is 12.0. The Labute approximate surface area is 97.9 Å². The number of rotatable bonds is 6. The van der Waals surface area contributed by atoms with Crippen LogP contribution in [0.4, 0.5) is 0 Å². The van der Waals surface area contributed by atoms with Crippen molar-refractivity contribution >= 4 is 5.91 Å². The van der Waals surface area contributed by atoms with Crippen molar-refractivity contribution in [3.8, 4) is 0 Å². The number of nitrogens with one attached hydrogen (secondary N) is 1. The van der Waals surface area contributed by atoms with E-state index < -0.39 is 5.54 Å². The van der Waals surface area contributed by atoms with E-state index in [2.05, 4.69) is 12.2 Å². The van der Waals surface area contributed by atoms with Gasteiger partial charge in [-0.3, -0.25) is 4.79 Å². The number of methoxy groups -OCH3 is 1. The monoisotopic (exact) mass is 228 g/mol. The lowest BCUT2D eigenvalue weighted by molar-refractivity contribution is -0.126. The van der Waals surface area contributed by atoms with E-state index in [0.717, 1.165) is 25.7 Å². The molecule has 16 heavy (non-hydrogen) atoms. The summed E-state index contributed by atoms with van der Waals surface area (Å²) in [6.07, 6.45) is 5.17. The molecule has 1 aliphatic carbocycles. The molecule has 0 bridgehead atoms. The lowest BCUT2D eigenvalue weighted by Gasteiger charge is -2.39. The molecule has 0 heterocycles. The molecule has 3 N–H and O–H groups in total. The fourth-order valence-corrected chi connectivity index (χ4v) is 2.60. The van der Waals surface area contributed by atoms with Gasteiger partial charge in [-0.1, -0.05) is 26.2 Å². The fourth-order valence-electron chi connectivity index (χ4n) is 2.60. The summed E-state index contributed by atoms with van der Waals surface area (Å²) < 4.78 is 5.00. The van der Waals surface area contributed by atoms with Crippen LogP contribution in [0.1, 0.15) is 39.0 Å². The van der Waals surface area contributed by atoms with Crippen molar-refractivity contribution in [2.24, 2.45) is 11.7 Å². The van der Waals surface area contributed by atoms with Gasteiger partial charge >= 0.3 is 0 Å². The lowest BCUT2D eigenvalue weighted by Crippen LogP contribution is -2.58. The van der Waals surface area contributed by atoms with Crippen molar-refractivity contribution in [3.63, 3.8) is 0 Å². The third kappa shape index (κ3) is 3.19. The zero-order valence-electron chi connectivity index (χ0n) is 10.4. The van der Waals surface area contributed by atoms with E-state index in [4.69, 9.17) is 10.5 Å². The Hall–Kier alpha value is -0.610. The first-order chi connectivity index (χ1) is 7.64. The molecular weight excluding hydrogens is 204 g/mol. The zero-order valence-corrected chi connectivity index (χ0v) is 10.4. The van der Waals surface area contributed by atoms with E-state index >= 15 is 0 Å². The molecule has 1 amide bonds. The van der Waals surface area contributed by atoms with E-state index in [9.17, 15) is 4.79 Å². The second-order valence-corrected chi connectivity index (χ2v) is 4.74. The number of nitrogens with two attached hydrogens (primary N) is 1. The minimum atomic E-state index is -0.489. The summed E-state index contributed by atoms with van der Waals surface area (Å²) in [6, 6.07) is 0. The number of carbonyl (C=O) groups is 1. The van der Waals surface area contributed by atoms with Crippen LogP contribution in [0.2, 0.25) is 0 Å². The van der Waals surface area contributed by atoms with Gasteiger partial charge in [-0.05, 0) is 18.8 Å². The number of carbonyl (C=O) groups excluding carboxylic acids is 1. The molecule has 0 saturated heterocycles. The number of primary amides is 1. The maximum Gasteiger partial charge on any atom is 0.237 e. The molecule has 0 aromatic carbocycles. The third-order valence-corrected chi connectivity index (χ3v) is 3.67. The quantitative estimate of drug-likeness (QED) is 0.668. The number of hydrogen-bond donors (Lipinski definition) is 2. The smallest absolute Gasteiger partial charge is 0.237 e. The Kier molecular flexibility index (Phi) is 5.22. The normalized spacial score (nSPS) is 30.2. The Morgan fingerprint density at radius 1 is 1.62 bits per heavy atom. The van der Waals surface area contributed by atoms with Crippen molar-refractivity contribution < 1.29 is 9.53 Å². The Morgan fingerprint density at radius 3 is 2.94 bits per heavy atom. The molecule has 0 spiro atoms. The summed E-state index contributed by atoms with van der Waals surface area (Å²) in [7, 11) is 1.66. The van der Waals surface area contributed by atoms with E-state index in [1.165, 1.54) is 6.42 Å². The van der Waals surface area contributed by atoms with Gasteiger partial charge < -0.3 is 15.8 Å². The van der Waals surface area contributed by atoms with Crippen LogP contribution in [0.25, 0.3) is 0 Å².